The minimum absolute atomic E-state index is 0.494. The highest BCUT2D eigenvalue weighted by molar-refractivity contribution is 7.09. The number of nitrogens with zero attached hydrogens (tertiary/aromatic N) is 4. The van der Waals surface area contributed by atoms with Gasteiger partial charge in [0, 0.05) is 31.4 Å². The van der Waals surface area contributed by atoms with Crippen molar-refractivity contribution in [2.24, 2.45) is 7.05 Å². The van der Waals surface area contributed by atoms with Gasteiger partial charge in [-0.15, -0.1) is 11.3 Å². The number of thiazole rings is 1. The molecular formula is C13H18N4S. The molecule has 1 unspecified atom stereocenters. The van der Waals surface area contributed by atoms with Gasteiger partial charge in [0.1, 0.15) is 5.01 Å². The SMILES string of the molecule is Cn1nccc1CN1CCCCC1c1nccs1. The van der Waals surface area contributed by atoms with Crippen LogP contribution in [0, 0.1) is 0 Å². The summed E-state index contributed by atoms with van der Waals surface area (Å²) >= 11 is 1.77. The molecule has 4 nitrogen and oxygen atoms in total. The largest absolute Gasteiger partial charge is 0.288 e. The molecule has 18 heavy (non-hydrogen) atoms. The number of hydrogen-bond acceptors (Lipinski definition) is 4. The Morgan fingerprint density at radius 1 is 1.39 bits per heavy atom. The third-order valence-electron chi connectivity index (χ3n) is 3.64. The van der Waals surface area contributed by atoms with Crippen LogP contribution in [0.4, 0.5) is 0 Å². The second kappa shape index (κ2) is 5.20. The van der Waals surface area contributed by atoms with Crippen LogP contribution >= 0.6 is 11.3 Å². The molecule has 2 aromatic heterocycles. The average molecular weight is 262 g/mol. The van der Waals surface area contributed by atoms with Gasteiger partial charge in [-0.3, -0.25) is 9.58 Å². The van der Waals surface area contributed by atoms with Crippen molar-refractivity contribution in [3.63, 3.8) is 0 Å². The lowest BCUT2D eigenvalue weighted by atomic mass is 10.0. The Bertz CT molecular complexity index is 491. The van der Waals surface area contributed by atoms with Crippen LogP contribution in [0.25, 0.3) is 0 Å². The molecule has 0 aromatic carbocycles. The fourth-order valence-corrected chi connectivity index (χ4v) is 3.43. The van der Waals surface area contributed by atoms with Crippen molar-refractivity contribution in [1.29, 1.82) is 0 Å². The molecule has 0 saturated carbocycles. The molecule has 96 valence electrons. The summed E-state index contributed by atoms with van der Waals surface area (Å²) in [7, 11) is 2.01. The first-order valence-electron chi connectivity index (χ1n) is 6.45. The zero-order valence-electron chi connectivity index (χ0n) is 10.6. The highest BCUT2D eigenvalue weighted by Crippen LogP contribution is 2.32. The summed E-state index contributed by atoms with van der Waals surface area (Å²) in [4.78, 5) is 7.04. The molecule has 5 heteroatoms. The summed E-state index contributed by atoms with van der Waals surface area (Å²) in [5.74, 6) is 0. The fourth-order valence-electron chi connectivity index (χ4n) is 2.62. The monoisotopic (exact) mass is 262 g/mol. The summed E-state index contributed by atoms with van der Waals surface area (Å²) in [5, 5.41) is 7.58. The van der Waals surface area contributed by atoms with Crippen molar-refractivity contribution in [2.45, 2.75) is 31.8 Å². The average Bonchev–Trinajstić information content (AvgIpc) is 3.03. The van der Waals surface area contributed by atoms with Crippen LogP contribution < -0.4 is 0 Å². The first kappa shape index (κ1) is 11.9. The van der Waals surface area contributed by atoms with Gasteiger partial charge in [-0.05, 0) is 25.5 Å². The maximum atomic E-state index is 4.50. The second-order valence-electron chi connectivity index (χ2n) is 4.80. The maximum absolute atomic E-state index is 4.50. The number of piperidine rings is 1. The Labute approximate surface area is 111 Å². The Kier molecular flexibility index (Phi) is 3.43. The Morgan fingerprint density at radius 3 is 3.06 bits per heavy atom. The van der Waals surface area contributed by atoms with Crippen molar-refractivity contribution in [3.05, 3.63) is 34.5 Å². The van der Waals surface area contributed by atoms with E-state index in [1.165, 1.54) is 30.0 Å². The predicted molar refractivity (Wildman–Crippen MR) is 72.3 cm³/mol. The van der Waals surface area contributed by atoms with Gasteiger partial charge in [0.25, 0.3) is 0 Å². The van der Waals surface area contributed by atoms with Crippen LogP contribution in [0.1, 0.15) is 36.0 Å². The Hall–Kier alpha value is -1.20. The van der Waals surface area contributed by atoms with Gasteiger partial charge < -0.3 is 0 Å². The van der Waals surface area contributed by atoms with Crippen LogP contribution in [-0.2, 0) is 13.6 Å². The molecule has 3 rings (SSSR count). The van der Waals surface area contributed by atoms with E-state index in [1.807, 2.05) is 24.1 Å². The van der Waals surface area contributed by atoms with Crippen LogP contribution in [0.5, 0.6) is 0 Å². The first-order chi connectivity index (χ1) is 8.84. The molecule has 1 fully saturated rings. The van der Waals surface area contributed by atoms with E-state index in [0.29, 0.717) is 6.04 Å². The van der Waals surface area contributed by atoms with E-state index in [9.17, 15) is 0 Å². The highest BCUT2D eigenvalue weighted by atomic mass is 32.1. The van der Waals surface area contributed by atoms with Crippen molar-refractivity contribution >= 4 is 11.3 Å². The molecular weight excluding hydrogens is 244 g/mol. The van der Waals surface area contributed by atoms with Crippen LogP contribution in [-0.4, -0.2) is 26.2 Å². The topological polar surface area (TPSA) is 34.0 Å². The van der Waals surface area contributed by atoms with Gasteiger partial charge in [-0.2, -0.15) is 5.10 Å². The lowest BCUT2D eigenvalue weighted by Gasteiger charge is -2.34. The third-order valence-corrected chi connectivity index (χ3v) is 4.51. The molecule has 0 spiro atoms. The van der Waals surface area contributed by atoms with Crippen molar-refractivity contribution < 1.29 is 0 Å². The molecule has 0 bridgehead atoms. The zero-order chi connectivity index (χ0) is 12.4. The van der Waals surface area contributed by atoms with E-state index in [1.54, 1.807) is 11.3 Å². The lowest BCUT2D eigenvalue weighted by molar-refractivity contribution is 0.136. The van der Waals surface area contributed by atoms with Gasteiger partial charge in [0.2, 0.25) is 0 Å². The van der Waals surface area contributed by atoms with E-state index in [0.717, 1.165) is 13.1 Å². The number of aromatic nitrogens is 3. The number of aryl methyl sites for hydroxylation is 1. The molecule has 3 heterocycles. The molecule has 0 aliphatic carbocycles. The van der Waals surface area contributed by atoms with Gasteiger partial charge in [-0.1, -0.05) is 6.42 Å². The fraction of sp³-hybridized carbons (Fsp3) is 0.538. The highest BCUT2D eigenvalue weighted by Gasteiger charge is 2.26. The summed E-state index contributed by atoms with van der Waals surface area (Å²) in [6.45, 7) is 2.14. The Morgan fingerprint density at radius 2 is 2.33 bits per heavy atom. The van der Waals surface area contributed by atoms with Crippen LogP contribution in [0.3, 0.4) is 0 Å². The number of likely N-dealkylation sites (tertiary alicyclic amines) is 1. The van der Waals surface area contributed by atoms with Gasteiger partial charge in [0.15, 0.2) is 0 Å². The molecule has 1 aliphatic rings. The molecule has 1 aliphatic heterocycles. The summed E-state index contributed by atoms with van der Waals surface area (Å²) in [5.41, 5.74) is 1.28. The minimum Gasteiger partial charge on any atom is -0.288 e. The van der Waals surface area contributed by atoms with E-state index < -0.39 is 0 Å². The standard InChI is InChI=1S/C13H18N4S/c1-16-11(5-6-15-16)10-17-8-3-2-4-12(17)13-14-7-9-18-13/h5-7,9,12H,2-4,8,10H2,1H3. The van der Waals surface area contributed by atoms with Crippen molar-refractivity contribution in [2.75, 3.05) is 6.54 Å². The first-order valence-corrected chi connectivity index (χ1v) is 7.33. The third kappa shape index (κ3) is 2.33. The zero-order valence-corrected chi connectivity index (χ0v) is 11.4. The summed E-state index contributed by atoms with van der Waals surface area (Å²) in [6.07, 6.45) is 7.62. The van der Waals surface area contributed by atoms with E-state index in [2.05, 4.69) is 26.4 Å². The molecule has 1 saturated heterocycles. The van der Waals surface area contributed by atoms with Crippen molar-refractivity contribution in [3.8, 4) is 0 Å². The van der Waals surface area contributed by atoms with E-state index in [-0.39, 0.29) is 0 Å². The quantitative estimate of drug-likeness (QED) is 0.852. The van der Waals surface area contributed by atoms with Gasteiger partial charge >= 0.3 is 0 Å². The molecule has 1 atom stereocenters. The lowest BCUT2D eigenvalue weighted by Crippen LogP contribution is -2.33. The summed E-state index contributed by atoms with van der Waals surface area (Å²) < 4.78 is 1.97. The molecule has 0 radical (unpaired) electrons. The van der Waals surface area contributed by atoms with Gasteiger partial charge in [0.05, 0.1) is 11.7 Å². The Balaban J connectivity index is 1.78. The molecule has 2 aromatic rings. The number of hydrogen-bond donors (Lipinski definition) is 0. The van der Waals surface area contributed by atoms with Gasteiger partial charge in [-0.25, -0.2) is 4.98 Å². The van der Waals surface area contributed by atoms with E-state index in [4.69, 9.17) is 0 Å². The number of rotatable bonds is 3. The minimum atomic E-state index is 0.494. The van der Waals surface area contributed by atoms with Crippen LogP contribution in [0.15, 0.2) is 23.8 Å². The molecule has 0 amide bonds. The van der Waals surface area contributed by atoms with Crippen molar-refractivity contribution in [1.82, 2.24) is 19.7 Å². The second-order valence-corrected chi connectivity index (χ2v) is 5.72. The summed E-state index contributed by atoms with van der Waals surface area (Å²) in [6, 6.07) is 2.60. The smallest absolute Gasteiger partial charge is 0.110 e. The van der Waals surface area contributed by atoms with Crippen LogP contribution in [0.2, 0.25) is 0 Å². The molecule has 0 N–H and O–H groups in total. The maximum Gasteiger partial charge on any atom is 0.110 e. The normalized spacial score (nSPS) is 21.3. The predicted octanol–water partition coefficient (Wildman–Crippen LogP) is 2.60. The van der Waals surface area contributed by atoms with E-state index >= 15 is 0 Å².